The molecule has 16 heavy (non-hydrogen) atoms. The van der Waals surface area contributed by atoms with Gasteiger partial charge in [0.15, 0.2) is 0 Å². The standard InChI is InChI=1S/C12H18N4/c13-8-10-11(14)6-7-15-12(10)16-9-4-2-1-3-5-9/h6-9,13H,1-5H2,(H3,14,15,16). The van der Waals surface area contributed by atoms with Gasteiger partial charge in [0.1, 0.15) is 5.82 Å². The fourth-order valence-electron chi connectivity index (χ4n) is 2.20. The number of nitrogens with zero attached hydrogens (tertiary/aromatic N) is 1. The van der Waals surface area contributed by atoms with Gasteiger partial charge in [0.2, 0.25) is 0 Å². The van der Waals surface area contributed by atoms with Crippen LogP contribution in [0.3, 0.4) is 0 Å². The molecule has 0 aromatic carbocycles. The number of rotatable bonds is 3. The van der Waals surface area contributed by atoms with Crippen LogP contribution in [-0.2, 0) is 0 Å². The third-order valence-corrected chi connectivity index (χ3v) is 3.11. The molecule has 1 aromatic heterocycles. The van der Waals surface area contributed by atoms with Crippen LogP contribution >= 0.6 is 0 Å². The van der Waals surface area contributed by atoms with Crippen LogP contribution in [0.2, 0.25) is 0 Å². The van der Waals surface area contributed by atoms with Gasteiger partial charge in [-0.1, -0.05) is 19.3 Å². The molecule has 1 saturated carbocycles. The molecule has 1 aromatic rings. The van der Waals surface area contributed by atoms with Gasteiger partial charge in [0.05, 0.1) is 5.56 Å². The van der Waals surface area contributed by atoms with Crippen molar-refractivity contribution in [3.8, 4) is 0 Å². The normalized spacial score (nSPS) is 17.0. The van der Waals surface area contributed by atoms with Crippen molar-refractivity contribution in [3.05, 3.63) is 17.8 Å². The third-order valence-electron chi connectivity index (χ3n) is 3.11. The van der Waals surface area contributed by atoms with E-state index in [0.717, 1.165) is 5.82 Å². The Kier molecular flexibility index (Phi) is 3.39. The Morgan fingerprint density at radius 1 is 1.38 bits per heavy atom. The van der Waals surface area contributed by atoms with Gasteiger partial charge in [-0.25, -0.2) is 4.98 Å². The first-order valence-electron chi connectivity index (χ1n) is 5.83. The highest BCUT2D eigenvalue weighted by Crippen LogP contribution is 2.23. The molecule has 0 aliphatic heterocycles. The summed E-state index contributed by atoms with van der Waals surface area (Å²) in [5.74, 6) is 0.752. The Morgan fingerprint density at radius 3 is 2.81 bits per heavy atom. The van der Waals surface area contributed by atoms with Crippen molar-refractivity contribution >= 4 is 17.7 Å². The molecule has 0 saturated heterocycles. The molecule has 0 radical (unpaired) electrons. The number of pyridine rings is 1. The minimum Gasteiger partial charge on any atom is -0.398 e. The largest absolute Gasteiger partial charge is 0.398 e. The molecular weight excluding hydrogens is 200 g/mol. The summed E-state index contributed by atoms with van der Waals surface area (Å²) in [6.07, 6.45) is 9.22. The van der Waals surface area contributed by atoms with E-state index in [1.54, 1.807) is 12.3 Å². The summed E-state index contributed by atoms with van der Waals surface area (Å²) < 4.78 is 0. The van der Waals surface area contributed by atoms with Crippen LogP contribution in [0.4, 0.5) is 11.5 Å². The number of nitrogens with one attached hydrogen (secondary N) is 2. The van der Waals surface area contributed by atoms with E-state index in [1.807, 2.05) is 0 Å². The molecular formula is C12H18N4. The Labute approximate surface area is 95.8 Å². The highest BCUT2D eigenvalue weighted by molar-refractivity contribution is 5.91. The molecule has 86 valence electrons. The summed E-state index contributed by atoms with van der Waals surface area (Å²) >= 11 is 0. The minimum absolute atomic E-state index is 0.488. The van der Waals surface area contributed by atoms with E-state index in [2.05, 4.69) is 10.3 Å². The lowest BCUT2D eigenvalue weighted by atomic mass is 9.95. The molecule has 0 unspecified atom stereocenters. The fourth-order valence-corrected chi connectivity index (χ4v) is 2.20. The van der Waals surface area contributed by atoms with Crippen LogP contribution in [0.5, 0.6) is 0 Å². The Hall–Kier alpha value is -1.58. The van der Waals surface area contributed by atoms with Crippen molar-refractivity contribution < 1.29 is 0 Å². The first-order valence-corrected chi connectivity index (χ1v) is 5.83. The highest BCUT2D eigenvalue weighted by atomic mass is 15.0. The van der Waals surface area contributed by atoms with Gasteiger partial charge < -0.3 is 16.5 Å². The summed E-state index contributed by atoms with van der Waals surface area (Å²) in [5.41, 5.74) is 7.12. The second kappa shape index (κ2) is 4.96. The lowest BCUT2D eigenvalue weighted by Crippen LogP contribution is -2.23. The van der Waals surface area contributed by atoms with E-state index in [4.69, 9.17) is 11.1 Å². The molecule has 1 aliphatic carbocycles. The van der Waals surface area contributed by atoms with Gasteiger partial charge >= 0.3 is 0 Å². The lowest BCUT2D eigenvalue weighted by molar-refractivity contribution is 0.462. The molecule has 0 spiro atoms. The zero-order valence-corrected chi connectivity index (χ0v) is 9.37. The smallest absolute Gasteiger partial charge is 0.137 e. The summed E-state index contributed by atoms with van der Waals surface area (Å²) in [4.78, 5) is 4.26. The first-order chi connectivity index (χ1) is 7.81. The van der Waals surface area contributed by atoms with Crippen LogP contribution in [0.15, 0.2) is 12.3 Å². The monoisotopic (exact) mass is 218 g/mol. The molecule has 0 amide bonds. The van der Waals surface area contributed by atoms with Crippen LogP contribution in [0, 0.1) is 5.41 Å². The Balaban J connectivity index is 2.13. The van der Waals surface area contributed by atoms with Crippen molar-refractivity contribution in [2.75, 3.05) is 11.1 Å². The first kappa shape index (κ1) is 10.9. The van der Waals surface area contributed by atoms with Gasteiger partial charge in [0, 0.05) is 24.1 Å². The maximum absolute atomic E-state index is 7.36. The maximum Gasteiger partial charge on any atom is 0.137 e. The van der Waals surface area contributed by atoms with Crippen LogP contribution in [0.1, 0.15) is 37.7 Å². The maximum atomic E-state index is 7.36. The van der Waals surface area contributed by atoms with Crippen molar-refractivity contribution in [2.24, 2.45) is 0 Å². The van der Waals surface area contributed by atoms with E-state index in [0.29, 0.717) is 17.3 Å². The number of nitrogen functional groups attached to an aromatic ring is 1. The molecule has 4 heteroatoms. The second-order valence-electron chi connectivity index (χ2n) is 4.29. The van der Waals surface area contributed by atoms with E-state index in [9.17, 15) is 0 Å². The van der Waals surface area contributed by atoms with Crippen molar-refractivity contribution in [2.45, 2.75) is 38.1 Å². The van der Waals surface area contributed by atoms with Crippen LogP contribution in [-0.4, -0.2) is 17.2 Å². The quantitative estimate of drug-likeness (QED) is 0.682. The second-order valence-corrected chi connectivity index (χ2v) is 4.29. The average Bonchev–Trinajstić information content (AvgIpc) is 2.31. The van der Waals surface area contributed by atoms with Crippen molar-refractivity contribution in [1.82, 2.24) is 4.98 Å². The van der Waals surface area contributed by atoms with E-state index in [1.165, 1.54) is 38.3 Å². The zero-order chi connectivity index (χ0) is 11.4. The third kappa shape index (κ3) is 2.32. The SMILES string of the molecule is N=Cc1c(N)ccnc1NC1CCCCC1. The van der Waals surface area contributed by atoms with Gasteiger partial charge in [-0.15, -0.1) is 0 Å². The Morgan fingerprint density at radius 2 is 2.12 bits per heavy atom. The van der Waals surface area contributed by atoms with E-state index < -0.39 is 0 Å². The van der Waals surface area contributed by atoms with Crippen molar-refractivity contribution in [3.63, 3.8) is 0 Å². The number of aromatic nitrogens is 1. The fraction of sp³-hybridized carbons (Fsp3) is 0.500. The number of hydrogen-bond acceptors (Lipinski definition) is 4. The van der Waals surface area contributed by atoms with Gasteiger partial charge in [-0.3, -0.25) is 0 Å². The highest BCUT2D eigenvalue weighted by Gasteiger charge is 2.15. The number of hydrogen-bond donors (Lipinski definition) is 3. The predicted octanol–water partition coefficient (Wildman–Crippen LogP) is 2.41. The van der Waals surface area contributed by atoms with Gasteiger partial charge in [-0.05, 0) is 18.9 Å². The molecule has 4 nitrogen and oxygen atoms in total. The summed E-state index contributed by atoms with van der Waals surface area (Å²) in [6.45, 7) is 0. The lowest BCUT2D eigenvalue weighted by Gasteiger charge is -2.24. The summed E-state index contributed by atoms with van der Waals surface area (Å²) in [6, 6.07) is 2.22. The van der Waals surface area contributed by atoms with E-state index in [-0.39, 0.29) is 0 Å². The van der Waals surface area contributed by atoms with Crippen LogP contribution in [0.25, 0.3) is 0 Å². The molecule has 4 N–H and O–H groups in total. The molecule has 2 rings (SSSR count). The minimum atomic E-state index is 0.488. The van der Waals surface area contributed by atoms with Crippen LogP contribution < -0.4 is 11.1 Å². The van der Waals surface area contributed by atoms with Gasteiger partial charge in [0.25, 0.3) is 0 Å². The molecule has 1 aliphatic rings. The molecule has 0 bridgehead atoms. The zero-order valence-electron chi connectivity index (χ0n) is 9.37. The van der Waals surface area contributed by atoms with Crippen molar-refractivity contribution in [1.29, 1.82) is 5.41 Å². The summed E-state index contributed by atoms with van der Waals surface area (Å²) in [5, 5.41) is 10.8. The predicted molar refractivity (Wildman–Crippen MR) is 67.0 cm³/mol. The average molecular weight is 218 g/mol. The molecule has 0 atom stereocenters. The number of nitrogens with two attached hydrogens (primary N) is 1. The molecule has 1 heterocycles. The Bertz CT molecular complexity index is 369. The van der Waals surface area contributed by atoms with Gasteiger partial charge in [-0.2, -0.15) is 0 Å². The topological polar surface area (TPSA) is 74.8 Å². The summed E-state index contributed by atoms with van der Waals surface area (Å²) in [7, 11) is 0. The van der Waals surface area contributed by atoms with E-state index >= 15 is 0 Å². The molecule has 1 fully saturated rings. The number of anilines is 2.